The van der Waals surface area contributed by atoms with Gasteiger partial charge in [-0.25, -0.2) is 4.79 Å². The topological polar surface area (TPSA) is 65.7 Å². The monoisotopic (exact) mass is 478 g/mol. The lowest BCUT2D eigenvalue weighted by atomic mass is 9.87. The molecule has 0 radical (unpaired) electrons. The van der Waals surface area contributed by atoms with Crippen LogP contribution in [0, 0.1) is 0 Å². The van der Waals surface area contributed by atoms with Gasteiger partial charge in [0, 0.05) is 17.7 Å². The minimum absolute atomic E-state index is 0.00669. The number of carbonyl (C=O) groups excluding carboxylic acids is 1. The van der Waals surface area contributed by atoms with E-state index in [-0.39, 0.29) is 11.3 Å². The highest BCUT2D eigenvalue weighted by molar-refractivity contribution is 6.10. The van der Waals surface area contributed by atoms with Crippen LogP contribution in [-0.4, -0.2) is 20.0 Å². The van der Waals surface area contributed by atoms with Crippen LogP contribution in [0.15, 0.2) is 51.7 Å². The van der Waals surface area contributed by atoms with Crippen LogP contribution in [0.5, 0.6) is 11.5 Å². The minimum Gasteiger partial charge on any atom is -0.496 e. The average Bonchev–Trinajstić information content (AvgIpc) is 2.88. The number of hydrogen-bond donors (Lipinski definition) is 0. The lowest BCUT2D eigenvalue weighted by molar-refractivity contribution is 0.103. The van der Waals surface area contributed by atoms with E-state index in [1.165, 1.54) is 77.6 Å². The second kappa shape index (κ2) is 13.1. The molecule has 1 unspecified atom stereocenters. The molecular weight excluding hydrogens is 440 g/mol. The van der Waals surface area contributed by atoms with Crippen LogP contribution in [-0.2, 0) is 0 Å². The largest absolute Gasteiger partial charge is 0.496 e. The molecule has 1 atom stereocenters. The van der Waals surface area contributed by atoms with Gasteiger partial charge in [-0.3, -0.25) is 4.79 Å². The molecule has 0 saturated heterocycles. The number of methoxy groups -OCH3 is 2. The van der Waals surface area contributed by atoms with Gasteiger partial charge in [0.15, 0.2) is 5.78 Å². The Kier molecular flexibility index (Phi) is 9.95. The van der Waals surface area contributed by atoms with Crippen molar-refractivity contribution in [3.8, 4) is 11.5 Å². The van der Waals surface area contributed by atoms with Crippen molar-refractivity contribution < 1.29 is 18.7 Å². The number of benzene rings is 2. The summed E-state index contributed by atoms with van der Waals surface area (Å²) in [5, 5.41) is 0.552. The van der Waals surface area contributed by atoms with Gasteiger partial charge in [-0.05, 0) is 30.4 Å². The van der Waals surface area contributed by atoms with Crippen molar-refractivity contribution in [1.29, 1.82) is 0 Å². The number of ketones is 1. The van der Waals surface area contributed by atoms with E-state index >= 15 is 0 Å². The van der Waals surface area contributed by atoms with Crippen LogP contribution in [0.1, 0.15) is 99.0 Å². The summed E-state index contributed by atoms with van der Waals surface area (Å²) >= 11 is 0. The molecule has 5 heteroatoms. The van der Waals surface area contributed by atoms with Crippen molar-refractivity contribution in [3.05, 3.63) is 69.6 Å². The van der Waals surface area contributed by atoms with Gasteiger partial charge in [0.1, 0.15) is 22.6 Å². The summed E-state index contributed by atoms with van der Waals surface area (Å²) in [6, 6.07) is 12.6. The van der Waals surface area contributed by atoms with E-state index in [9.17, 15) is 9.59 Å². The fourth-order valence-electron chi connectivity index (χ4n) is 4.60. The quantitative estimate of drug-likeness (QED) is 0.135. The summed E-state index contributed by atoms with van der Waals surface area (Å²) in [6.07, 6.45) is 11.0. The van der Waals surface area contributed by atoms with Gasteiger partial charge < -0.3 is 13.9 Å². The fourth-order valence-corrected chi connectivity index (χ4v) is 4.60. The van der Waals surface area contributed by atoms with Crippen molar-refractivity contribution in [2.45, 2.75) is 77.6 Å². The first kappa shape index (κ1) is 26.5. The molecule has 1 heterocycles. The second-order valence-corrected chi connectivity index (χ2v) is 9.18. The summed E-state index contributed by atoms with van der Waals surface area (Å²) in [5.41, 5.74) is 1.39. The van der Waals surface area contributed by atoms with Crippen molar-refractivity contribution >= 4 is 16.8 Å². The van der Waals surface area contributed by atoms with Crippen molar-refractivity contribution in [2.24, 2.45) is 0 Å². The highest BCUT2D eigenvalue weighted by Crippen LogP contribution is 2.32. The van der Waals surface area contributed by atoms with Gasteiger partial charge in [0.05, 0.1) is 19.6 Å². The Bertz CT molecular complexity index is 1160. The fraction of sp³-hybridized carbons (Fsp3) is 0.467. The summed E-state index contributed by atoms with van der Waals surface area (Å²) < 4.78 is 16.1. The molecule has 0 N–H and O–H groups in total. The molecule has 0 spiro atoms. The molecule has 0 bridgehead atoms. The predicted molar refractivity (Wildman–Crippen MR) is 141 cm³/mol. The van der Waals surface area contributed by atoms with Gasteiger partial charge in [0.2, 0.25) is 0 Å². The first-order chi connectivity index (χ1) is 17.0. The summed E-state index contributed by atoms with van der Waals surface area (Å²) in [4.78, 5) is 25.9. The number of ether oxygens (including phenoxy) is 2. The molecular formula is C30H38O5. The Balaban J connectivity index is 1.85. The van der Waals surface area contributed by atoms with Crippen LogP contribution in [0.2, 0.25) is 0 Å². The molecule has 0 fully saturated rings. The number of fused-ring (bicyclic) bond motifs is 1. The third-order valence-electron chi connectivity index (χ3n) is 6.70. The first-order valence-electron chi connectivity index (χ1n) is 12.9. The third-order valence-corrected chi connectivity index (χ3v) is 6.70. The Morgan fingerprint density at radius 2 is 1.51 bits per heavy atom. The van der Waals surface area contributed by atoms with E-state index in [1.807, 2.05) is 12.1 Å². The van der Waals surface area contributed by atoms with Gasteiger partial charge in [-0.15, -0.1) is 0 Å². The number of unbranched alkanes of at least 4 members (excludes halogenated alkanes) is 5. The second-order valence-electron chi connectivity index (χ2n) is 9.18. The first-order valence-corrected chi connectivity index (χ1v) is 12.9. The maximum Gasteiger partial charge on any atom is 0.347 e. The zero-order valence-corrected chi connectivity index (χ0v) is 21.5. The predicted octanol–water partition coefficient (Wildman–Crippen LogP) is 7.68. The molecule has 0 aliphatic rings. The van der Waals surface area contributed by atoms with E-state index in [0.717, 1.165) is 0 Å². The molecule has 0 aliphatic heterocycles. The molecule has 1 aromatic heterocycles. The van der Waals surface area contributed by atoms with Gasteiger partial charge in [-0.2, -0.15) is 0 Å². The van der Waals surface area contributed by atoms with Crippen molar-refractivity contribution in [1.82, 2.24) is 0 Å². The summed E-state index contributed by atoms with van der Waals surface area (Å²) in [5.74, 6) is 1.14. The van der Waals surface area contributed by atoms with E-state index in [2.05, 4.69) is 26.0 Å². The van der Waals surface area contributed by atoms with E-state index < -0.39 is 5.63 Å². The minimum atomic E-state index is -0.671. The number of rotatable bonds is 14. The zero-order valence-electron chi connectivity index (χ0n) is 21.5. The lowest BCUT2D eigenvalue weighted by Gasteiger charge is -2.18. The highest BCUT2D eigenvalue weighted by Gasteiger charge is 2.19. The SMILES string of the molecule is CCCCCCC(CCCCC)c1ccc(C(=O)c2cc3c(OC)cc(OC)cc3oc2=O)cc1. The normalized spacial score (nSPS) is 12.0. The number of hydrogen-bond acceptors (Lipinski definition) is 5. The van der Waals surface area contributed by atoms with Crippen molar-refractivity contribution in [2.75, 3.05) is 14.2 Å². The van der Waals surface area contributed by atoms with Gasteiger partial charge in [0.25, 0.3) is 0 Å². The molecule has 0 amide bonds. The van der Waals surface area contributed by atoms with Gasteiger partial charge in [-0.1, -0.05) is 83.1 Å². The van der Waals surface area contributed by atoms with E-state index in [1.54, 1.807) is 18.2 Å². The summed E-state index contributed by atoms with van der Waals surface area (Å²) in [7, 11) is 3.05. The van der Waals surface area contributed by atoms with Crippen LogP contribution >= 0.6 is 0 Å². The zero-order chi connectivity index (χ0) is 25.2. The molecule has 0 aliphatic carbocycles. The van der Waals surface area contributed by atoms with Crippen LogP contribution in [0.3, 0.4) is 0 Å². The maximum absolute atomic E-state index is 13.2. The third kappa shape index (κ3) is 6.74. The molecule has 0 saturated carbocycles. The lowest BCUT2D eigenvalue weighted by Crippen LogP contribution is -2.15. The Morgan fingerprint density at radius 3 is 2.14 bits per heavy atom. The Morgan fingerprint density at radius 1 is 0.857 bits per heavy atom. The van der Waals surface area contributed by atoms with Crippen molar-refractivity contribution in [3.63, 3.8) is 0 Å². The number of carbonyl (C=O) groups is 1. The molecule has 3 aromatic rings. The molecule has 188 valence electrons. The Hall–Kier alpha value is -3.08. The standard InChI is InChI=1S/C30H38O5/c1-5-7-9-11-13-21(12-10-8-6-2)22-14-16-23(17-15-22)29(31)26-20-25-27(34-4)18-24(33-3)19-28(25)35-30(26)32/h14-21H,5-13H2,1-4H3. The average molecular weight is 479 g/mol. The molecule has 5 nitrogen and oxygen atoms in total. The molecule has 35 heavy (non-hydrogen) atoms. The van der Waals surface area contributed by atoms with Gasteiger partial charge >= 0.3 is 5.63 Å². The Labute approximate surface area is 208 Å². The summed E-state index contributed by atoms with van der Waals surface area (Å²) in [6.45, 7) is 4.46. The highest BCUT2D eigenvalue weighted by atomic mass is 16.5. The maximum atomic E-state index is 13.2. The van der Waals surface area contributed by atoms with E-state index in [4.69, 9.17) is 13.9 Å². The van der Waals surface area contributed by atoms with Crippen LogP contribution in [0.4, 0.5) is 0 Å². The van der Waals surface area contributed by atoms with Crippen LogP contribution in [0.25, 0.3) is 11.0 Å². The smallest absolute Gasteiger partial charge is 0.347 e. The molecule has 2 aromatic carbocycles. The molecule has 3 rings (SSSR count). The van der Waals surface area contributed by atoms with Crippen LogP contribution < -0.4 is 15.1 Å². The van der Waals surface area contributed by atoms with E-state index in [0.29, 0.717) is 33.9 Å².